The van der Waals surface area contributed by atoms with Crippen LogP contribution in [0.25, 0.3) is 11.0 Å². The predicted molar refractivity (Wildman–Crippen MR) is 123 cm³/mol. The van der Waals surface area contributed by atoms with E-state index in [0.29, 0.717) is 13.1 Å². The van der Waals surface area contributed by atoms with Crippen molar-refractivity contribution < 1.29 is 4.79 Å². The molecule has 4 aromatic rings. The van der Waals surface area contributed by atoms with Crippen molar-refractivity contribution in [1.29, 1.82) is 0 Å². The van der Waals surface area contributed by atoms with Crippen LogP contribution in [-0.2, 0) is 17.9 Å². The fourth-order valence-corrected chi connectivity index (χ4v) is 4.17. The monoisotopic (exact) mass is 419 g/mol. The predicted octanol–water partition coefficient (Wildman–Crippen LogP) is 4.51. The molecule has 0 bridgehead atoms. The molecule has 0 aliphatic heterocycles. The SMILES string of the molecule is CC(=O)N(CCNCc1sccc1Nc1ccnc2[nH]ccc12)Cc1ccccc1. The normalized spacial score (nSPS) is 11.0. The number of fused-ring (bicyclic) bond motifs is 1. The van der Waals surface area contributed by atoms with Gasteiger partial charge in [-0.1, -0.05) is 30.3 Å². The molecule has 6 nitrogen and oxygen atoms in total. The zero-order valence-corrected chi connectivity index (χ0v) is 17.7. The molecule has 0 unspecified atom stereocenters. The zero-order valence-electron chi connectivity index (χ0n) is 16.9. The molecule has 0 aliphatic carbocycles. The van der Waals surface area contributed by atoms with Crippen LogP contribution >= 0.6 is 11.3 Å². The third-order valence-electron chi connectivity index (χ3n) is 4.98. The molecule has 1 amide bonds. The van der Waals surface area contributed by atoms with Crippen molar-refractivity contribution in [2.24, 2.45) is 0 Å². The minimum Gasteiger partial charge on any atom is -0.354 e. The van der Waals surface area contributed by atoms with Crippen LogP contribution in [0, 0.1) is 0 Å². The Labute approximate surface area is 180 Å². The van der Waals surface area contributed by atoms with E-state index in [1.165, 1.54) is 4.88 Å². The minimum atomic E-state index is 0.0901. The number of nitrogens with zero attached hydrogens (tertiary/aromatic N) is 2. The van der Waals surface area contributed by atoms with Gasteiger partial charge in [-0.25, -0.2) is 4.98 Å². The van der Waals surface area contributed by atoms with Gasteiger partial charge in [-0.2, -0.15) is 0 Å². The van der Waals surface area contributed by atoms with E-state index in [4.69, 9.17) is 0 Å². The largest absolute Gasteiger partial charge is 0.354 e. The number of H-pyrrole nitrogens is 1. The number of amides is 1. The first-order chi connectivity index (χ1) is 14.7. The van der Waals surface area contributed by atoms with E-state index in [-0.39, 0.29) is 5.91 Å². The van der Waals surface area contributed by atoms with Crippen LogP contribution in [0.4, 0.5) is 11.4 Å². The topological polar surface area (TPSA) is 73.1 Å². The second-order valence-corrected chi connectivity index (χ2v) is 8.08. The second-order valence-electron chi connectivity index (χ2n) is 7.08. The first kappa shape index (κ1) is 20.1. The number of hydrogen-bond acceptors (Lipinski definition) is 5. The number of carbonyl (C=O) groups is 1. The fourth-order valence-electron chi connectivity index (χ4n) is 3.37. The van der Waals surface area contributed by atoms with Crippen LogP contribution in [0.5, 0.6) is 0 Å². The second kappa shape index (κ2) is 9.56. The fraction of sp³-hybridized carbons (Fsp3) is 0.217. The molecular weight excluding hydrogens is 394 g/mol. The van der Waals surface area contributed by atoms with Crippen LogP contribution in [0.2, 0.25) is 0 Å². The number of benzene rings is 1. The van der Waals surface area contributed by atoms with Gasteiger partial charge in [0, 0.05) is 55.8 Å². The lowest BCUT2D eigenvalue weighted by Gasteiger charge is -2.21. The average Bonchev–Trinajstić information content (AvgIpc) is 3.41. The Balaban J connectivity index is 1.32. The number of pyridine rings is 1. The highest BCUT2D eigenvalue weighted by atomic mass is 32.1. The molecule has 4 rings (SSSR count). The van der Waals surface area contributed by atoms with Crippen LogP contribution < -0.4 is 10.6 Å². The smallest absolute Gasteiger partial charge is 0.219 e. The first-order valence-electron chi connectivity index (χ1n) is 9.96. The molecule has 0 aliphatic rings. The van der Waals surface area contributed by atoms with Gasteiger partial charge in [-0.05, 0) is 29.1 Å². The quantitative estimate of drug-likeness (QED) is 0.349. The molecule has 30 heavy (non-hydrogen) atoms. The van der Waals surface area contributed by atoms with Gasteiger partial charge in [0.1, 0.15) is 5.65 Å². The van der Waals surface area contributed by atoms with E-state index in [9.17, 15) is 4.79 Å². The number of nitrogens with one attached hydrogen (secondary N) is 3. The number of carbonyl (C=O) groups excluding carboxylic acids is 1. The van der Waals surface area contributed by atoms with Gasteiger partial charge < -0.3 is 20.5 Å². The number of aromatic amines is 1. The molecule has 0 spiro atoms. The Bertz CT molecular complexity index is 1100. The van der Waals surface area contributed by atoms with Crippen LogP contribution in [0.1, 0.15) is 17.4 Å². The van der Waals surface area contributed by atoms with Gasteiger partial charge in [-0.3, -0.25) is 4.79 Å². The van der Waals surface area contributed by atoms with Gasteiger partial charge in [-0.15, -0.1) is 11.3 Å². The number of thiophene rings is 1. The highest BCUT2D eigenvalue weighted by molar-refractivity contribution is 7.10. The Morgan fingerprint density at radius 1 is 1.13 bits per heavy atom. The first-order valence-corrected chi connectivity index (χ1v) is 10.8. The molecule has 3 heterocycles. The Morgan fingerprint density at radius 2 is 2.00 bits per heavy atom. The molecule has 7 heteroatoms. The lowest BCUT2D eigenvalue weighted by atomic mass is 10.2. The molecule has 0 radical (unpaired) electrons. The zero-order chi connectivity index (χ0) is 20.8. The maximum Gasteiger partial charge on any atom is 0.219 e. The highest BCUT2D eigenvalue weighted by Gasteiger charge is 2.10. The van der Waals surface area contributed by atoms with Gasteiger partial charge in [0.05, 0.1) is 11.4 Å². The summed E-state index contributed by atoms with van der Waals surface area (Å²) in [5.41, 5.74) is 4.14. The van der Waals surface area contributed by atoms with Gasteiger partial charge in [0.25, 0.3) is 0 Å². The molecule has 0 saturated heterocycles. The summed E-state index contributed by atoms with van der Waals surface area (Å²) in [6.07, 6.45) is 3.70. The molecule has 3 N–H and O–H groups in total. The maximum absolute atomic E-state index is 12.0. The van der Waals surface area contributed by atoms with E-state index in [1.807, 2.05) is 53.6 Å². The van der Waals surface area contributed by atoms with Gasteiger partial charge in [0.15, 0.2) is 0 Å². The van der Waals surface area contributed by atoms with Crippen LogP contribution in [0.3, 0.4) is 0 Å². The molecule has 3 aromatic heterocycles. The van der Waals surface area contributed by atoms with Crippen molar-refractivity contribution in [2.75, 3.05) is 18.4 Å². The van der Waals surface area contributed by atoms with Crippen molar-refractivity contribution in [1.82, 2.24) is 20.2 Å². The molecule has 1 aromatic carbocycles. The summed E-state index contributed by atoms with van der Waals surface area (Å²) < 4.78 is 0. The summed E-state index contributed by atoms with van der Waals surface area (Å²) in [5, 5.41) is 10.2. The van der Waals surface area contributed by atoms with Crippen molar-refractivity contribution in [3.8, 4) is 0 Å². The summed E-state index contributed by atoms with van der Waals surface area (Å²) in [6.45, 7) is 4.42. The number of anilines is 2. The van der Waals surface area contributed by atoms with E-state index >= 15 is 0 Å². The number of aromatic nitrogens is 2. The Morgan fingerprint density at radius 3 is 2.83 bits per heavy atom. The van der Waals surface area contributed by atoms with Crippen molar-refractivity contribution in [3.05, 3.63) is 76.7 Å². The van der Waals surface area contributed by atoms with Crippen LogP contribution in [0.15, 0.2) is 66.3 Å². The standard InChI is InChI=1S/C23H25N5OS/c1-17(29)28(16-18-5-3-2-4-6-18)13-12-24-15-22-21(9-14-30-22)27-20-8-11-26-23-19(20)7-10-25-23/h2-11,14,24H,12-13,15-16H2,1H3,(H2,25,26,27). The highest BCUT2D eigenvalue weighted by Crippen LogP contribution is 2.29. The Hall–Kier alpha value is -3.16. The van der Waals surface area contributed by atoms with Crippen molar-refractivity contribution in [2.45, 2.75) is 20.0 Å². The summed E-state index contributed by atoms with van der Waals surface area (Å²) in [7, 11) is 0. The summed E-state index contributed by atoms with van der Waals surface area (Å²) in [6, 6.07) is 16.2. The summed E-state index contributed by atoms with van der Waals surface area (Å²) in [4.78, 5) is 22.6. The van der Waals surface area contributed by atoms with Gasteiger partial charge in [0.2, 0.25) is 5.91 Å². The van der Waals surface area contributed by atoms with Crippen LogP contribution in [-0.4, -0.2) is 33.9 Å². The minimum absolute atomic E-state index is 0.0901. The lowest BCUT2D eigenvalue weighted by Crippen LogP contribution is -2.34. The van der Waals surface area contributed by atoms with Gasteiger partial charge >= 0.3 is 0 Å². The van der Waals surface area contributed by atoms with E-state index in [0.717, 1.165) is 41.1 Å². The third-order valence-corrected chi connectivity index (χ3v) is 5.90. The van der Waals surface area contributed by atoms with E-state index < -0.39 is 0 Å². The molecule has 0 fully saturated rings. The number of rotatable bonds is 9. The molecular formula is C23H25N5OS. The van der Waals surface area contributed by atoms with Crippen molar-refractivity contribution >= 4 is 39.7 Å². The molecule has 154 valence electrons. The third kappa shape index (κ3) is 4.87. The van der Waals surface area contributed by atoms with E-state index in [2.05, 4.69) is 32.0 Å². The van der Waals surface area contributed by atoms with E-state index in [1.54, 1.807) is 24.5 Å². The lowest BCUT2D eigenvalue weighted by molar-refractivity contribution is -0.129. The Kier molecular flexibility index (Phi) is 6.41. The maximum atomic E-state index is 12.0. The summed E-state index contributed by atoms with van der Waals surface area (Å²) in [5.74, 6) is 0.0901. The molecule has 0 atom stereocenters. The number of hydrogen-bond donors (Lipinski definition) is 3. The average molecular weight is 420 g/mol. The summed E-state index contributed by atoms with van der Waals surface area (Å²) >= 11 is 1.72. The van der Waals surface area contributed by atoms with Crippen molar-refractivity contribution in [3.63, 3.8) is 0 Å². The molecule has 0 saturated carbocycles.